The van der Waals surface area contributed by atoms with Gasteiger partial charge in [-0.05, 0) is 11.5 Å². The van der Waals surface area contributed by atoms with Crippen LogP contribution in [0.2, 0.25) is 0 Å². The van der Waals surface area contributed by atoms with Gasteiger partial charge in [0.15, 0.2) is 5.82 Å². The van der Waals surface area contributed by atoms with Gasteiger partial charge in [0.2, 0.25) is 5.89 Å². The van der Waals surface area contributed by atoms with E-state index in [0.717, 1.165) is 6.54 Å². The van der Waals surface area contributed by atoms with Crippen LogP contribution in [0.25, 0.3) is 0 Å². The summed E-state index contributed by atoms with van der Waals surface area (Å²) in [6.07, 6.45) is 0. The predicted octanol–water partition coefficient (Wildman–Crippen LogP) is 2.40. The third-order valence-corrected chi connectivity index (χ3v) is 3.57. The number of aromatic nitrogens is 2. The van der Waals surface area contributed by atoms with E-state index in [1.165, 1.54) is 5.56 Å². The summed E-state index contributed by atoms with van der Waals surface area (Å²) >= 11 is 0. The molecule has 1 heterocycles. The van der Waals surface area contributed by atoms with E-state index in [1.807, 2.05) is 18.2 Å². The lowest BCUT2D eigenvalue weighted by atomic mass is 10.0. The van der Waals surface area contributed by atoms with Crippen molar-refractivity contribution >= 4 is 0 Å². The molecule has 0 spiro atoms. The number of rotatable bonds is 7. The van der Waals surface area contributed by atoms with Crippen molar-refractivity contribution in [3.8, 4) is 0 Å². The van der Waals surface area contributed by atoms with Crippen molar-refractivity contribution in [2.45, 2.75) is 39.9 Å². The average molecular weight is 289 g/mol. The smallest absolute Gasteiger partial charge is 0.223 e. The molecule has 1 atom stereocenters. The third-order valence-electron chi connectivity index (χ3n) is 3.57. The lowest BCUT2D eigenvalue weighted by molar-refractivity contribution is 0.0756. The molecule has 0 radical (unpaired) electrons. The Hall–Kier alpha value is -1.72. The first-order valence-electron chi connectivity index (χ1n) is 7.28. The summed E-state index contributed by atoms with van der Waals surface area (Å²) in [5, 5.41) is 13.7. The van der Waals surface area contributed by atoms with E-state index < -0.39 is 0 Å². The zero-order valence-corrected chi connectivity index (χ0v) is 12.9. The van der Waals surface area contributed by atoms with Crippen molar-refractivity contribution in [3.63, 3.8) is 0 Å². The predicted molar refractivity (Wildman–Crippen MR) is 80.4 cm³/mol. The van der Waals surface area contributed by atoms with Crippen LogP contribution >= 0.6 is 0 Å². The Balaban J connectivity index is 2.16. The Labute approximate surface area is 125 Å². The van der Waals surface area contributed by atoms with E-state index in [4.69, 9.17) is 4.52 Å². The molecule has 0 amide bonds. The second kappa shape index (κ2) is 7.33. The molecule has 2 rings (SSSR count). The first-order chi connectivity index (χ1) is 10.1. The van der Waals surface area contributed by atoms with Crippen molar-refractivity contribution in [1.29, 1.82) is 0 Å². The monoisotopic (exact) mass is 289 g/mol. The quantitative estimate of drug-likeness (QED) is 0.848. The second-order valence-corrected chi connectivity index (χ2v) is 5.61. The molecule has 1 unspecified atom stereocenters. The van der Waals surface area contributed by atoms with E-state index in [0.29, 0.717) is 24.2 Å². The molecule has 0 aliphatic rings. The Morgan fingerprint density at radius 2 is 1.90 bits per heavy atom. The standard InChI is InChI=1S/C16H23N3O2/c1-12(2)15(11-20)19(9-14-7-5-4-6-8-14)10-16-17-13(3)21-18-16/h4-8,12,15,20H,9-11H2,1-3H3. The highest BCUT2D eigenvalue weighted by Gasteiger charge is 2.23. The maximum atomic E-state index is 9.72. The SMILES string of the molecule is Cc1nc(CN(Cc2ccccc2)C(CO)C(C)C)no1. The summed E-state index contributed by atoms with van der Waals surface area (Å²) < 4.78 is 5.04. The summed E-state index contributed by atoms with van der Waals surface area (Å²) in [6.45, 7) is 7.43. The van der Waals surface area contributed by atoms with Crippen LogP contribution in [0, 0.1) is 12.8 Å². The molecule has 1 aromatic carbocycles. The number of hydrogen-bond acceptors (Lipinski definition) is 5. The first-order valence-corrected chi connectivity index (χ1v) is 7.28. The van der Waals surface area contributed by atoms with E-state index >= 15 is 0 Å². The van der Waals surface area contributed by atoms with E-state index in [1.54, 1.807) is 6.92 Å². The van der Waals surface area contributed by atoms with Crippen LogP contribution in [0.15, 0.2) is 34.9 Å². The number of hydrogen-bond donors (Lipinski definition) is 1. The fourth-order valence-electron chi connectivity index (χ4n) is 2.44. The van der Waals surface area contributed by atoms with Crippen LogP contribution in [0.4, 0.5) is 0 Å². The van der Waals surface area contributed by atoms with Gasteiger partial charge in [0.1, 0.15) is 0 Å². The van der Waals surface area contributed by atoms with Gasteiger partial charge in [-0.1, -0.05) is 49.3 Å². The van der Waals surface area contributed by atoms with Gasteiger partial charge in [0.05, 0.1) is 13.2 Å². The Kier molecular flexibility index (Phi) is 5.47. The van der Waals surface area contributed by atoms with Gasteiger partial charge in [0, 0.05) is 19.5 Å². The minimum absolute atomic E-state index is 0.0593. The number of aliphatic hydroxyl groups is 1. The summed E-state index contributed by atoms with van der Waals surface area (Å²) in [4.78, 5) is 6.47. The van der Waals surface area contributed by atoms with Crippen molar-refractivity contribution in [3.05, 3.63) is 47.6 Å². The molecule has 2 aromatic rings. The number of aliphatic hydroxyl groups excluding tert-OH is 1. The molecule has 0 bridgehead atoms. The maximum Gasteiger partial charge on any atom is 0.223 e. The topological polar surface area (TPSA) is 62.4 Å². The first kappa shape index (κ1) is 15.7. The molecule has 5 nitrogen and oxygen atoms in total. The van der Waals surface area contributed by atoms with Crippen LogP contribution in [0.5, 0.6) is 0 Å². The highest BCUT2D eigenvalue weighted by atomic mass is 16.5. The van der Waals surface area contributed by atoms with Gasteiger partial charge in [-0.3, -0.25) is 4.90 Å². The molecule has 0 saturated heterocycles. The van der Waals surface area contributed by atoms with Gasteiger partial charge in [0.25, 0.3) is 0 Å². The zero-order valence-electron chi connectivity index (χ0n) is 12.9. The van der Waals surface area contributed by atoms with Crippen LogP contribution in [0.1, 0.15) is 31.1 Å². The molecule has 0 aliphatic carbocycles. The molecule has 0 fully saturated rings. The summed E-state index contributed by atoms with van der Waals surface area (Å²) in [5.41, 5.74) is 1.21. The van der Waals surface area contributed by atoms with Crippen LogP contribution in [0.3, 0.4) is 0 Å². The number of nitrogens with zero attached hydrogens (tertiary/aromatic N) is 3. The molecule has 0 aliphatic heterocycles. The fourth-order valence-corrected chi connectivity index (χ4v) is 2.44. The Bertz CT molecular complexity index is 539. The van der Waals surface area contributed by atoms with E-state index in [9.17, 15) is 5.11 Å². The molecule has 1 N–H and O–H groups in total. The Morgan fingerprint density at radius 3 is 2.43 bits per heavy atom. The van der Waals surface area contributed by atoms with Crippen LogP contribution in [-0.2, 0) is 13.1 Å². The zero-order chi connectivity index (χ0) is 15.2. The van der Waals surface area contributed by atoms with Gasteiger partial charge in [-0.2, -0.15) is 4.98 Å². The molecule has 21 heavy (non-hydrogen) atoms. The number of benzene rings is 1. The van der Waals surface area contributed by atoms with Gasteiger partial charge in [-0.15, -0.1) is 0 Å². The summed E-state index contributed by atoms with van der Waals surface area (Å²) in [6, 6.07) is 10.3. The molecule has 5 heteroatoms. The summed E-state index contributed by atoms with van der Waals surface area (Å²) in [5.74, 6) is 1.56. The van der Waals surface area contributed by atoms with E-state index in [2.05, 4.69) is 41.0 Å². The molecule has 114 valence electrons. The molecule has 1 aromatic heterocycles. The lowest BCUT2D eigenvalue weighted by Crippen LogP contribution is -2.41. The van der Waals surface area contributed by atoms with E-state index in [-0.39, 0.29) is 12.6 Å². The minimum Gasteiger partial charge on any atom is -0.395 e. The van der Waals surface area contributed by atoms with Gasteiger partial charge < -0.3 is 9.63 Å². The Morgan fingerprint density at radius 1 is 1.19 bits per heavy atom. The van der Waals surface area contributed by atoms with Crippen molar-refractivity contribution in [2.75, 3.05) is 6.61 Å². The van der Waals surface area contributed by atoms with Crippen LogP contribution in [-0.4, -0.2) is 32.8 Å². The molecular formula is C16H23N3O2. The number of aryl methyl sites for hydroxylation is 1. The second-order valence-electron chi connectivity index (χ2n) is 5.61. The highest BCUT2D eigenvalue weighted by molar-refractivity contribution is 5.14. The van der Waals surface area contributed by atoms with Crippen molar-refractivity contribution in [1.82, 2.24) is 15.0 Å². The average Bonchev–Trinajstić information content (AvgIpc) is 2.85. The molecule has 0 saturated carbocycles. The third kappa shape index (κ3) is 4.37. The largest absolute Gasteiger partial charge is 0.395 e. The van der Waals surface area contributed by atoms with Gasteiger partial charge >= 0.3 is 0 Å². The maximum absolute atomic E-state index is 9.72. The lowest BCUT2D eigenvalue weighted by Gasteiger charge is -2.32. The molecular weight excluding hydrogens is 266 g/mol. The van der Waals surface area contributed by atoms with Crippen LogP contribution < -0.4 is 0 Å². The highest BCUT2D eigenvalue weighted by Crippen LogP contribution is 2.17. The van der Waals surface area contributed by atoms with Gasteiger partial charge in [-0.25, -0.2) is 0 Å². The van der Waals surface area contributed by atoms with Crippen molar-refractivity contribution in [2.24, 2.45) is 5.92 Å². The normalized spacial score (nSPS) is 13.0. The fraction of sp³-hybridized carbons (Fsp3) is 0.500. The van der Waals surface area contributed by atoms with Crippen molar-refractivity contribution < 1.29 is 9.63 Å². The minimum atomic E-state index is 0.0593. The summed E-state index contributed by atoms with van der Waals surface area (Å²) in [7, 11) is 0.